The maximum absolute atomic E-state index is 13.8. The monoisotopic (exact) mass is 531 g/mol. The first-order valence-corrected chi connectivity index (χ1v) is 12.7. The summed E-state index contributed by atoms with van der Waals surface area (Å²) >= 11 is 6.72. The molecule has 0 spiro atoms. The Bertz CT molecular complexity index is 1270. The van der Waals surface area contributed by atoms with Crippen LogP contribution in [0.4, 0.5) is 0 Å². The molecule has 37 heavy (non-hydrogen) atoms. The average molecular weight is 532 g/mol. The molecule has 3 saturated carbocycles. The first-order chi connectivity index (χ1) is 17.2. The Morgan fingerprint density at radius 2 is 1.86 bits per heavy atom. The van der Waals surface area contributed by atoms with Crippen molar-refractivity contribution < 1.29 is 34.2 Å². The number of carbonyl (C=O) groups excluding carboxylic acids is 5. The Labute approximate surface area is 218 Å². The van der Waals surface area contributed by atoms with Crippen LogP contribution in [0.25, 0.3) is 0 Å². The molecule has 0 aromatic heterocycles. The molecule has 1 aromatic carbocycles. The predicted octanol–water partition coefficient (Wildman–Crippen LogP) is 0.163. The highest BCUT2D eigenvalue weighted by Crippen LogP contribution is 2.51. The lowest BCUT2D eigenvalue weighted by atomic mass is 9.52. The number of aliphatic hydroxyl groups is 1. The van der Waals surface area contributed by atoms with Gasteiger partial charge in [-0.25, -0.2) is 0 Å². The Morgan fingerprint density at radius 1 is 1.22 bits per heavy atom. The van der Waals surface area contributed by atoms with Crippen LogP contribution in [0.15, 0.2) is 6.07 Å². The van der Waals surface area contributed by atoms with Gasteiger partial charge in [-0.3, -0.25) is 28.9 Å². The molecule has 0 heterocycles. The summed E-state index contributed by atoms with van der Waals surface area (Å²) in [6.07, 6.45) is 2.18. The van der Waals surface area contributed by atoms with Crippen LogP contribution in [0.2, 0.25) is 5.02 Å². The largest absolute Gasteiger partial charge is 0.507 e. The number of aromatic hydroxyl groups is 1. The summed E-state index contributed by atoms with van der Waals surface area (Å²) < 4.78 is 0. The quantitative estimate of drug-likeness (QED) is 0.387. The smallest absolute Gasteiger partial charge is 0.235 e. The second-order valence-electron chi connectivity index (χ2n) is 11.4. The van der Waals surface area contributed by atoms with Gasteiger partial charge in [-0.1, -0.05) is 11.6 Å². The SMILES string of the molecule is CN(C)[C@@H]1C(=O)C(C(N)=O)C(=O)[C@@]2(O)C(=O)C3C(=O)c4c(O)cc(CNC5(C)CC5)c(Cl)c4C[C@H]3C[C@@H]12. The number of primary amides is 1. The Kier molecular flexibility index (Phi) is 5.91. The van der Waals surface area contributed by atoms with E-state index in [0.717, 1.165) is 12.8 Å². The maximum Gasteiger partial charge on any atom is 0.235 e. The number of hydrogen-bond acceptors (Lipinski definition) is 9. The minimum absolute atomic E-state index is 0.0124. The lowest BCUT2D eigenvalue weighted by molar-refractivity contribution is -0.181. The number of hydrogen-bond donors (Lipinski definition) is 4. The molecule has 6 atom stereocenters. The van der Waals surface area contributed by atoms with Gasteiger partial charge in [-0.05, 0) is 69.8 Å². The van der Waals surface area contributed by atoms with Crippen molar-refractivity contribution in [1.82, 2.24) is 10.2 Å². The third-order valence-corrected chi connectivity index (χ3v) is 9.25. The summed E-state index contributed by atoms with van der Waals surface area (Å²) in [4.78, 5) is 67.3. The molecular formula is C26H30ClN3O7. The second kappa shape index (κ2) is 8.42. The molecule has 3 fully saturated rings. The number of nitrogens with one attached hydrogen (secondary N) is 1. The number of phenolic OH excluding ortho intramolecular Hbond substituents is 1. The first-order valence-electron chi connectivity index (χ1n) is 12.4. The fourth-order valence-electron chi connectivity index (χ4n) is 6.51. The number of Topliss-reactive ketones (excluding diaryl/α,β-unsaturated/α-hetero) is 4. The molecule has 0 radical (unpaired) electrons. The molecular weight excluding hydrogens is 502 g/mol. The number of carbonyl (C=O) groups is 5. The molecule has 11 heteroatoms. The van der Waals surface area contributed by atoms with Crippen LogP contribution in [0.3, 0.4) is 0 Å². The van der Waals surface area contributed by atoms with E-state index in [1.165, 1.54) is 11.0 Å². The number of phenols is 1. The van der Waals surface area contributed by atoms with Crippen LogP contribution in [-0.4, -0.2) is 75.4 Å². The predicted molar refractivity (Wildman–Crippen MR) is 131 cm³/mol. The van der Waals surface area contributed by atoms with Gasteiger partial charge in [-0.2, -0.15) is 0 Å². The van der Waals surface area contributed by atoms with Crippen molar-refractivity contribution in [2.45, 2.75) is 56.3 Å². The van der Waals surface area contributed by atoms with Gasteiger partial charge in [0.25, 0.3) is 0 Å². The van der Waals surface area contributed by atoms with Crippen LogP contribution in [0, 0.1) is 23.7 Å². The van der Waals surface area contributed by atoms with Gasteiger partial charge in [0.15, 0.2) is 34.7 Å². The van der Waals surface area contributed by atoms with Gasteiger partial charge in [0.05, 0.1) is 17.5 Å². The molecule has 0 aliphatic heterocycles. The fraction of sp³-hybridized carbons (Fsp3) is 0.577. The number of nitrogens with zero attached hydrogens (tertiary/aromatic N) is 1. The molecule has 10 nitrogen and oxygen atoms in total. The van der Waals surface area contributed by atoms with Crippen LogP contribution < -0.4 is 11.1 Å². The summed E-state index contributed by atoms with van der Waals surface area (Å²) in [5.41, 5.74) is 3.53. The van der Waals surface area contributed by atoms with E-state index in [0.29, 0.717) is 22.7 Å². The van der Waals surface area contributed by atoms with E-state index >= 15 is 0 Å². The van der Waals surface area contributed by atoms with E-state index in [-0.39, 0.29) is 29.7 Å². The highest BCUT2D eigenvalue weighted by atomic mass is 35.5. The van der Waals surface area contributed by atoms with Crippen LogP contribution in [-0.2, 0) is 32.1 Å². The average Bonchev–Trinajstić information content (AvgIpc) is 3.54. The summed E-state index contributed by atoms with van der Waals surface area (Å²) in [7, 11) is 3.09. The zero-order valence-electron chi connectivity index (χ0n) is 20.8. The number of ketones is 4. The van der Waals surface area contributed by atoms with Gasteiger partial charge in [0.2, 0.25) is 5.91 Å². The summed E-state index contributed by atoms with van der Waals surface area (Å²) in [6.45, 7) is 2.47. The Hall–Kier alpha value is -2.66. The van der Waals surface area contributed by atoms with Gasteiger partial charge in [0, 0.05) is 23.0 Å². The molecule has 4 aliphatic carbocycles. The molecule has 0 saturated heterocycles. The number of amides is 1. The summed E-state index contributed by atoms with van der Waals surface area (Å²) in [6, 6.07) is 0.263. The normalized spacial score (nSPS) is 34.2. The molecule has 2 unspecified atom stereocenters. The fourth-order valence-corrected chi connectivity index (χ4v) is 6.80. The Morgan fingerprint density at radius 3 is 2.43 bits per heavy atom. The van der Waals surface area contributed by atoms with Crippen molar-refractivity contribution in [3.05, 3.63) is 27.8 Å². The zero-order chi connectivity index (χ0) is 27.2. The number of benzene rings is 1. The molecule has 1 aromatic rings. The lowest BCUT2D eigenvalue weighted by Gasteiger charge is -2.52. The third-order valence-electron chi connectivity index (χ3n) is 8.78. The summed E-state index contributed by atoms with van der Waals surface area (Å²) in [5.74, 6) is -10.7. The molecule has 1 amide bonds. The topological polar surface area (TPSA) is 167 Å². The zero-order valence-corrected chi connectivity index (χ0v) is 21.6. The van der Waals surface area contributed by atoms with Crippen LogP contribution >= 0.6 is 11.6 Å². The molecule has 5 N–H and O–H groups in total. The van der Waals surface area contributed by atoms with Crippen LogP contribution in [0.1, 0.15) is 47.7 Å². The first kappa shape index (κ1) is 26.0. The highest BCUT2D eigenvalue weighted by molar-refractivity contribution is 6.34. The molecule has 0 bridgehead atoms. The van der Waals surface area contributed by atoms with Crippen LogP contribution in [0.5, 0.6) is 5.75 Å². The van der Waals surface area contributed by atoms with Gasteiger partial charge < -0.3 is 21.3 Å². The van der Waals surface area contributed by atoms with Crippen molar-refractivity contribution in [2.75, 3.05) is 14.1 Å². The number of nitrogens with two attached hydrogens (primary N) is 1. The van der Waals surface area contributed by atoms with E-state index in [1.807, 2.05) is 0 Å². The van der Waals surface area contributed by atoms with Gasteiger partial charge >= 0.3 is 0 Å². The van der Waals surface area contributed by atoms with E-state index in [2.05, 4.69) is 12.2 Å². The van der Waals surface area contributed by atoms with Gasteiger partial charge in [-0.15, -0.1) is 0 Å². The van der Waals surface area contributed by atoms with E-state index in [9.17, 15) is 34.2 Å². The molecule has 5 rings (SSSR count). The van der Waals surface area contributed by atoms with Gasteiger partial charge in [0.1, 0.15) is 5.75 Å². The minimum Gasteiger partial charge on any atom is -0.507 e. The van der Waals surface area contributed by atoms with Crippen molar-refractivity contribution in [3.63, 3.8) is 0 Å². The van der Waals surface area contributed by atoms with Crippen molar-refractivity contribution in [3.8, 4) is 5.75 Å². The Balaban J connectivity index is 1.57. The van der Waals surface area contributed by atoms with E-state index < -0.39 is 64.4 Å². The number of fused-ring (bicyclic) bond motifs is 3. The molecule has 198 valence electrons. The molecule has 4 aliphatic rings. The second-order valence-corrected chi connectivity index (χ2v) is 11.8. The van der Waals surface area contributed by atoms with E-state index in [1.54, 1.807) is 14.1 Å². The number of rotatable bonds is 5. The minimum atomic E-state index is -2.74. The van der Waals surface area contributed by atoms with Crippen molar-refractivity contribution >= 4 is 40.6 Å². The lowest BCUT2D eigenvalue weighted by Crippen LogP contribution is -2.74. The number of likely N-dealkylation sites (N-methyl/N-ethyl adjacent to an activating group) is 1. The van der Waals surface area contributed by atoms with E-state index in [4.69, 9.17) is 17.3 Å². The third kappa shape index (κ3) is 3.68. The van der Waals surface area contributed by atoms with Crippen molar-refractivity contribution in [2.24, 2.45) is 29.4 Å². The standard InChI is InChI=1S/C26H30ClN3O7/c1-25(4-5-25)29-9-11-8-14(31)16-12(18(11)27)6-10-7-13-19(30(2)3)21(33)17(24(28)36)23(35)26(13,37)22(34)15(10)20(16)32/h8,10,13,15,17,19,29,31,37H,4-7,9H2,1-3H3,(H2,28,36)/t10-,13-,15?,17?,19-,26-/m0/s1. The summed E-state index contributed by atoms with van der Waals surface area (Å²) in [5, 5.41) is 26.1. The number of halogens is 1. The highest BCUT2D eigenvalue weighted by Gasteiger charge is 2.69. The van der Waals surface area contributed by atoms with Crippen molar-refractivity contribution in [1.29, 1.82) is 0 Å². The maximum atomic E-state index is 13.8.